The smallest absolute Gasteiger partial charge is 0.226 e. The number of aromatic nitrogens is 2. The fourth-order valence-electron chi connectivity index (χ4n) is 2.23. The van der Waals surface area contributed by atoms with E-state index in [4.69, 9.17) is 23.2 Å². The second-order valence-electron chi connectivity index (χ2n) is 5.29. The summed E-state index contributed by atoms with van der Waals surface area (Å²) in [5, 5.41) is 7.11. The van der Waals surface area contributed by atoms with Crippen LogP contribution in [0.15, 0.2) is 42.7 Å². The van der Waals surface area contributed by atoms with Crippen molar-refractivity contribution in [2.45, 2.75) is 23.7 Å². The molecule has 1 aliphatic carbocycles. The molecule has 0 bridgehead atoms. The van der Waals surface area contributed by atoms with Crippen molar-refractivity contribution in [1.29, 1.82) is 0 Å². The fraction of sp³-hybridized carbons (Fsp3) is 0.333. The molecule has 1 fully saturated rings. The molecule has 1 aromatic carbocycles. The van der Waals surface area contributed by atoms with Crippen LogP contribution in [0.25, 0.3) is 5.69 Å². The summed E-state index contributed by atoms with van der Waals surface area (Å²) < 4.78 is 0.903. The third-order valence-corrected chi connectivity index (χ3v) is 4.50. The SMILES string of the molecule is C[C@@H](NC(=O)[C@H]1CC1(Cl)Cl)c1ccc(-n2cccn2)cc1. The Morgan fingerprint density at radius 3 is 2.62 bits per heavy atom. The number of benzene rings is 1. The number of hydrogen-bond donors (Lipinski definition) is 1. The van der Waals surface area contributed by atoms with E-state index in [9.17, 15) is 4.79 Å². The Morgan fingerprint density at radius 2 is 2.10 bits per heavy atom. The second kappa shape index (κ2) is 5.35. The maximum Gasteiger partial charge on any atom is 0.226 e. The van der Waals surface area contributed by atoms with Gasteiger partial charge in [-0.05, 0) is 37.1 Å². The first-order chi connectivity index (χ1) is 9.97. The molecule has 0 unspecified atom stereocenters. The summed E-state index contributed by atoms with van der Waals surface area (Å²) in [6.45, 7) is 1.94. The van der Waals surface area contributed by atoms with Crippen LogP contribution in [0.5, 0.6) is 0 Å². The van der Waals surface area contributed by atoms with Gasteiger partial charge in [0.25, 0.3) is 0 Å². The predicted molar refractivity (Wildman–Crippen MR) is 82.7 cm³/mol. The van der Waals surface area contributed by atoms with Gasteiger partial charge in [-0.25, -0.2) is 4.68 Å². The largest absolute Gasteiger partial charge is 0.349 e. The number of rotatable bonds is 4. The lowest BCUT2D eigenvalue weighted by Gasteiger charge is -2.15. The van der Waals surface area contributed by atoms with Gasteiger partial charge in [0.2, 0.25) is 5.91 Å². The van der Waals surface area contributed by atoms with E-state index >= 15 is 0 Å². The number of nitrogens with zero attached hydrogens (tertiary/aromatic N) is 2. The number of carbonyl (C=O) groups is 1. The average Bonchev–Trinajstić information content (AvgIpc) is 2.90. The van der Waals surface area contributed by atoms with Gasteiger partial charge in [-0.1, -0.05) is 12.1 Å². The lowest BCUT2D eigenvalue weighted by molar-refractivity contribution is -0.123. The van der Waals surface area contributed by atoms with Crippen LogP contribution >= 0.6 is 23.2 Å². The molecule has 4 nitrogen and oxygen atoms in total. The Morgan fingerprint density at radius 1 is 1.43 bits per heavy atom. The third kappa shape index (κ3) is 3.06. The van der Waals surface area contributed by atoms with E-state index in [1.807, 2.05) is 43.5 Å². The summed E-state index contributed by atoms with van der Waals surface area (Å²) >= 11 is 11.8. The Hall–Kier alpha value is -1.52. The van der Waals surface area contributed by atoms with Crippen LogP contribution in [0.4, 0.5) is 0 Å². The van der Waals surface area contributed by atoms with Gasteiger partial charge in [0.1, 0.15) is 4.33 Å². The first kappa shape index (κ1) is 14.4. The molecule has 0 radical (unpaired) electrons. The van der Waals surface area contributed by atoms with Crippen molar-refractivity contribution in [3.63, 3.8) is 0 Å². The van der Waals surface area contributed by atoms with Gasteiger partial charge in [0, 0.05) is 12.4 Å². The predicted octanol–water partition coefficient (Wildman–Crippen LogP) is 3.24. The zero-order chi connectivity index (χ0) is 15.0. The van der Waals surface area contributed by atoms with Crippen molar-refractivity contribution in [2.24, 2.45) is 5.92 Å². The van der Waals surface area contributed by atoms with Crippen molar-refractivity contribution in [1.82, 2.24) is 15.1 Å². The zero-order valence-electron chi connectivity index (χ0n) is 11.5. The Balaban J connectivity index is 1.65. The molecule has 1 aliphatic rings. The molecule has 0 saturated heterocycles. The Kier molecular flexibility index (Phi) is 3.68. The third-order valence-electron chi connectivity index (χ3n) is 3.66. The molecule has 0 spiro atoms. The van der Waals surface area contributed by atoms with E-state index < -0.39 is 4.33 Å². The quantitative estimate of drug-likeness (QED) is 0.878. The molecule has 6 heteroatoms. The van der Waals surface area contributed by atoms with E-state index in [0.29, 0.717) is 6.42 Å². The van der Waals surface area contributed by atoms with Crippen LogP contribution in [0, 0.1) is 5.92 Å². The molecule has 1 N–H and O–H groups in total. The highest BCUT2D eigenvalue weighted by Gasteiger charge is 2.56. The molecule has 1 saturated carbocycles. The second-order valence-corrected chi connectivity index (χ2v) is 6.83. The van der Waals surface area contributed by atoms with Crippen LogP contribution < -0.4 is 5.32 Å². The lowest BCUT2D eigenvalue weighted by atomic mass is 10.1. The highest BCUT2D eigenvalue weighted by atomic mass is 35.5. The Labute approximate surface area is 133 Å². The molecule has 1 heterocycles. The standard InChI is InChI=1S/C15H15Cl2N3O/c1-10(19-14(21)13-9-15(13,16)17)11-3-5-12(6-4-11)20-8-2-7-18-20/h2-8,10,13H,9H2,1H3,(H,19,21)/t10-,13-/m1/s1. The zero-order valence-corrected chi connectivity index (χ0v) is 13.0. The number of amides is 1. The molecular weight excluding hydrogens is 309 g/mol. The van der Waals surface area contributed by atoms with Crippen molar-refractivity contribution < 1.29 is 4.79 Å². The summed E-state index contributed by atoms with van der Waals surface area (Å²) in [5.74, 6) is -0.393. The molecule has 21 heavy (non-hydrogen) atoms. The normalized spacial score (nSPS) is 20.8. The number of hydrogen-bond acceptors (Lipinski definition) is 2. The molecule has 1 aromatic heterocycles. The molecular formula is C15H15Cl2N3O. The van der Waals surface area contributed by atoms with E-state index in [1.165, 1.54) is 0 Å². The highest BCUT2D eigenvalue weighted by molar-refractivity contribution is 6.52. The van der Waals surface area contributed by atoms with Gasteiger partial charge in [0.05, 0.1) is 17.6 Å². The van der Waals surface area contributed by atoms with Crippen LogP contribution in [0.1, 0.15) is 24.9 Å². The minimum atomic E-state index is -0.881. The maximum atomic E-state index is 12.0. The summed E-state index contributed by atoms with van der Waals surface area (Å²) in [4.78, 5) is 12.0. The van der Waals surface area contributed by atoms with Crippen molar-refractivity contribution in [2.75, 3.05) is 0 Å². The van der Waals surface area contributed by atoms with Gasteiger partial charge < -0.3 is 5.32 Å². The van der Waals surface area contributed by atoms with Gasteiger partial charge in [-0.15, -0.1) is 23.2 Å². The average molecular weight is 324 g/mol. The topological polar surface area (TPSA) is 46.9 Å². The molecule has 110 valence electrons. The van der Waals surface area contributed by atoms with Gasteiger partial charge >= 0.3 is 0 Å². The first-order valence-corrected chi connectivity index (χ1v) is 7.51. The summed E-state index contributed by atoms with van der Waals surface area (Å²) in [7, 11) is 0. The van der Waals surface area contributed by atoms with E-state index in [0.717, 1.165) is 11.3 Å². The van der Waals surface area contributed by atoms with Crippen molar-refractivity contribution >= 4 is 29.1 Å². The number of carbonyl (C=O) groups excluding carboxylic acids is 1. The first-order valence-electron chi connectivity index (χ1n) is 6.75. The van der Waals surface area contributed by atoms with Crippen LogP contribution in [-0.2, 0) is 4.79 Å². The number of alkyl halides is 2. The molecule has 3 rings (SSSR count). The van der Waals surface area contributed by atoms with Gasteiger partial charge in [-0.2, -0.15) is 5.10 Å². The van der Waals surface area contributed by atoms with E-state index in [1.54, 1.807) is 10.9 Å². The van der Waals surface area contributed by atoms with Crippen molar-refractivity contribution in [3.8, 4) is 5.69 Å². The van der Waals surface area contributed by atoms with E-state index in [-0.39, 0.29) is 17.9 Å². The van der Waals surface area contributed by atoms with E-state index in [2.05, 4.69) is 10.4 Å². The summed E-state index contributed by atoms with van der Waals surface area (Å²) in [6.07, 6.45) is 4.14. The van der Waals surface area contributed by atoms with Crippen LogP contribution in [-0.4, -0.2) is 20.0 Å². The summed E-state index contributed by atoms with van der Waals surface area (Å²) in [6, 6.07) is 9.67. The Bertz CT molecular complexity index is 637. The molecule has 1 amide bonds. The summed E-state index contributed by atoms with van der Waals surface area (Å²) in [5.41, 5.74) is 2.00. The maximum absolute atomic E-state index is 12.0. The number of nitrogens with one attached hydrogen (secondary N) is 1. The number of halogens is 2. The minimum absolute atomic E-state index is 0.0890. The fourth-order valence-corrected chi connectivity index (χ4v) is 2.74. The van der Waals surface area contributed by atoms with Gasteiger partial charge in [0.15, 0.2) is 0 Å². The minimum Gasteiger partial charge on any atom is -0.349 e. The lowest BCUT2D eigenvalue weighted by Crippen LogP contribution is -2.29. The van der Waals surface area contributed by atoms with Crippen molar-refractivity contribution in [3.05, 3.63) is 48.3 Å². The van der Waals surface area contributed by atoms with Gasteiger partial charge in [-0.3, -0.25) is 4.79 Å². The van der Waals surface area contributed by atoms with Crippen LogP contribution in [0.3, 0.4) is 0 Å². The molecule has 2 aromatic rings. The molecule has 2 atom stereocenters. The highest BCUT2D eigenvalue weighted by Crippen LogP contribution is 2.53. The van der Waals surface area contributed by atoms with Crippen LogP contribution in [0.2, 0.25) is 0 Å². The monoisotopic (exact) mass is 323 g/mol. The molecule has 0 aliphatic heterocycles.